The van der Waals surface area contributed by atoms with E-state index >= 15 is 0 Å². The van der Waals surface area contributed by atoms with Gasteiger partial charge in [0.05, 0.1) is 19.8 Å². The van der Waals surface area contributed by atoms with Crippen LogP contribution in [0.4, 0.5) is 0 Å². The smallest absolute Gasteiger partial charge is 0.217 e. The largest absolute Gasteiger partial charge is 0.388 e. The highest BCUT2D eigenvalue weighted by Gasteiger charge is 2.54. The predicted octanol–water partition coefficient (Wildman–Crippen LogP) is -0.132. The van der Waals surface area contributed by atoms with E-state index in [0.717, 1.165) is 44.9 Å². The molecule has 3 rings (SSSR count). The molecule has 0 aromatic carbocycles. The van der Waals surface area contributed by atoms with Crippen LogP contribution in [0.1, 0.15) is 86.0 Å². The molecule has 3 aliphatic rings. The van der Waals surface area contributed by atoms with Crippen LogP contribution in [0.15, 0.2) is 0 Å². The lowest BCUT2D eigenvalue weighted by Crippen LogP contribution is -2.68. The van der Waals surface area contributed by atoms with Crippen LogP contribution in [-0.2, 0) is 47.4 Å². The molecule has 0 spiro atoms. The first-order valence-corrected chi connectivity index (χ1v) is 19.5. The van der Waals surface area contributed by atoms with Crippen LogP contribution in [0.3, 0.4) is 0 Å². The Balaban J connectivity index is 1.91. The molecule has 0 saturated carbocycles. The van der Waals surface area contributed by atoms with Crippen molar-refractivity contribution >= 4 is 5.91 Å². The van der Waals surface area contributed by atoms with E-state index in [9.17, 15) is 35.4 Å². The number of carbonyl (C=O) groups is 1. The number of aliphatic hydroxyl groups excluding tert-OH is 6. The van der Waals surface area contributed by atoms with Gasteiger partial charge in [-0.1, -0.05) is 53.4 Å². The third-order valence-corrected chi connectivity index (χ3v) is 9.51. The van der Waals surface area contributed by atoms with Gasteiger partial charge in [0.1, 0.15) is 73.2 Å². The maximum atomic E-state index is 12.0. The molecular formula is C36H67NO16. The second kappa shape index (κ2) is 24.5. The van der Waals surface area contributed by atoms with Gasteiger partial charge < -0.3 is 78.6 Å². The topological polar surface area (TPSA) is 234 Å². The van der Waals surface area contributed by atoms with E-state index in [1.165, 1.54) is 6.92 Å². The summed E-state index contributed by atoms with van der Waals surface area (Å²) in [5.41, 5.74) is 0. The predicted molar refractivity (Wildman–Crippen MR) is 187 cm³/mol. The number of ether oxygens (including phenoxy) is 9. The number of amides is 1. The van der Waals surface area contributed by atoms with Crippen molar-refractivity contribution in [1.29, 1.82) is 0 Å². The second-order valence-electron chi connectivity index (χ2n) is 14.0. The van der Waals surface area contributed by atoms with E-state index in [4.69, 9.17) is 42.6 Å². The molecule has 3 saturated heterocycles. The fraction of sp³-hybridized carbons (Fsp3) is 0.972. The van der Waals surface area contributed by atoms with Gasteiger partial charge in [-0.15, -0.1) is 0 Å². The minimum atomic E-state index is -1.74. The molecule has 3 aliphatic heterocycles. The highest BCUT2D eigenvalue weighted by atomic mass is 16.8. The van der Waals surface area contributed by atoms with E-state index in [0.29, 0.717) is 26.2 Å². The summed E-state index contributed by atoms with van der Waals surface area (Å²) < 4.78 is 53.7. The van der Waals surface area contributed by atoms with Crippen LogP contribution in [0, 0.1) is 0 Å². The Labute approximate surface area is 313 Å². The first-order chi connectivity index (χ1) is 25.5. The number of nitrogens with one attached hydrogen (secondary N) is 1. The van der Waals surface area contributed by atoms with Gasteiger partial charge in [-0.05, 0) is 25.7 Å². The summed E-state index contributed by atoms with van der Waals surface area (Å²) >= 11 is 0. The van der Waals surface area contributed by atoms with E-state index in [1.807, 2.05) is 27.7 Å². The third kappa shape index (κ3) is 13.8. The Bertz CT molecular complexity index is 997. The number of hydrogen-bond acceptors (Lipinski definition) is 16. The quantitative estimate of drug-likeness (QED) is 0.0634. The molecule has 0 bridgehead atoms. The summed E-state index contributed by atoms with van der Waals surface area (Å²) in [6, 6.07) is -1.29. The Kier molecular flexibility index (Phi) is 21.4. The van der Waals surface area contributed by atoms with Crippen LogP contribution in [0.2, 0.25) is 0 Å². The van der Waals surface area contributed by atoms with Gasteiger partial charge in [0.25, 0.3) is 0 Å². The van der Waals surface area contributed by atoms with Crippen LogP contribution < -0.4 is 5.32 Å². The molecule has 7 N–H and O–H groups in total. The lowest BCUT2D eigenvalue weighted by atomic mass is 9.95. The zero-order chi connectivity index (χ0) is 38.9. The van der Waals surface area contributed by atoms with Gasteiger partial charge in [-0.25, -0.2) is 0 Å². The van der Waals surface area contributed by atoms with Gasteiger partial charge in [-0.3, -0.25) is 4.79 Å². The minimum Gasteiger partial charge on any atom is -0.388 e. The Morgan fingerprint density at radius 3 is 1.58 bits per heavy atom. The van der Waals surface area contributed by atoms with Crippen molar-refractivity contribution in [2.45, 2.75) is 178 Å². The summed E-state index contributed by atoms with van der Waals surface area (Å²) in [6.45, 7) is 10.3. The van der Waals surface area contributed by atoms with Crippen LogP contribution in [0.25, 0.3) is 0 Å². The molecule has 15 atom stereocenters. The van der Waals surface area contributed by atoms with Crippen molar-refractivity contribution in [3.63, 3.8) is 0 Å². The van der Waals surface area contributed by atoms with E-state index in [-0.39, 0.29) is 26.4 Å². The number of aliphatic hydroxyl groups is 6. The van der Waals surface area contributed by atoms with Crippen molar-refractivity contribution < 1.29 is 78.1 Å². The van der Waals surface area contributed by atoms with Gasteiger partial charge in [0.2, 0.25) is 5.91 Å². The molecule has 3 heterocycles. The van der Waals surface area contributed by atoms with Crippen LogP contribution >= 0.6 is 0 Å². The van der Waals surface area contributed by atoms with Crippen molar-refractivity contribution in [1.82, 2.24) is 5.32 Å². The average Bonchev–Trinajstić information content (AvgIpc) is 3.13. The lowest BCUT2D eigenvalue weighted by molar-refractivity contribution is -0.378. The van der Waals surface area contributed by atoms with Gasteiger partial charge in [-0.2, -0.15) is 0 Å². The summed E-state index contributed by atoms with van der Waals surface area (Å²) in [5.74, 6) is -0.535. The Morgan fingerprint density at radius 1 is 0.547 bits per heavy atom. The highest BCUT2D eigenvalue weighted by molar-refractivity contribution is 5.73. The Hall–Kier alpha value is -1.13. The molecule has 312 valence electrons. The van der Waals surface area contributed by atoms with E-state index < -0.39 is 98.0 Å². The lowest BCUT2D eigenvalue weighted by Gasteiger charge is -2.49. The molecular weight excluding hydrogens is 702 g/mol. The van der Waals surface area contributed by atoms with Gasteiger partial charge in [0, 0.05) is 33.4 Å². The molecule has 0 aromatic rings. The third-order valence-electron chi connectivity index (χ3n) is 9.51. The first-order valence-electron chi connectivity index (χ1n) is 19.5. The standard InChI is InChI=1S/C36H67NO16/c1-6-10-14-45-18-22-26(39)29(42)33(48-17-13-9-4)36(51-22)53-32-27(40)23(19-46-15-11-7-2)50-35(30(32)43)52-31-24(20-47-16-12-8-3)49-34(44)25(28(31)41)37-21(5)38/h22-36,39-44H,6-20H2,1-5H3,(H,37,38)/t22?,23?,24?,25?,26-,27-,28?,29?,30?,31+,32?,33?,34+,35-,36+/m0/s1. The Morgan fingerprint density at radius 2 is 1.04 bits per heavy atom. The SMILES string of the molecule is CCCCOCC1O[C@H](OC2C(O)[C@H](O[C@@H]3C(COCCCC)O[C@@H](O)C(NC(C)=O)C3O)OC(COCCCC)[C@@H]2O)C(OCCCC)C(O)[C@H]1O. The molecule has 0 radical (unpaired) electrons. The maximum Gasteiger partial charge on any atom is 0.217 e. The fourth-order valence-electron chi connectivity index (χ4n) is 6.28. The minimum absolute atomic E-state index is 0.0547. The average molecular weight is 770 g/mol. The maximum absolute atomic E-state index is 12.0. The molecule has 0 aliphatic carbocycles. The molecule has 17 heteroatoms. The summed E-state index contributed by atoms with van der Waals surface area (Å²) in [4.78, 5) is 12.0. The summed E-state index contributed by atoms with van der Waals surface area (Å²) in [7, 11) is 0. The van der Waals surface area contributed by atoms with Crippen molar-refractivity contribution in [3.05, 3.63) is 0 Å². The molecule has 9 unspecified atom stereocenters. The van der Waals surface area contributed by atoms with Crippen LogP contribution in [-0.4, -0.2) is 175 Å². The molecule has 17 nitrogen and oxygen atoms in total. The molecule has 53 heavy (non-hydrogen) atoms. The van der Waals surface area contributed by atoms with Crippen molar-refractivity contribution in [2.75, 3.05) is 46.2 Å². The highest BCUT2D eigenvalue weighted by Crippen LogP contribution is 2.33. The summed E-state index contributed by atoms with van der Waals surface area (Å²) in [5, 5.41) is 70.1. The van der Waals surface area contributed by atoms with Crippen LogP contribution in [0.5, 0.6) is 0 Å². The molecule has 3 fully saturated rings. The van der Waals surface area contributed by atoms with Gasteiger partial charge in [0.15, 0.2) is 18.9 Å². The molecule has 0 aromatic heterocycles. The molecule has 1 amide bonds. The zero-order valence-corrected chi connectivity index (χ0v) is 32.0. The van der Waals surface area contributed by atoms with E-state index in [2.05, 4.69) is 5.32 Å². The van der Waals surface area contributed by atoms with Crippen molar-refractivity contribution in [2.24, 2.45) is 0 Å². The second-order valence-corrected chi connectivity index (χ2v) is 14.0. The van der Waals surface area contributed by atoms with E-state index in [1.54, 1.807) is 0 Å². The number of rotatable bonds is 24. The normalized spacial score (nSPS) is 37.8. The number of unbranched alkanes of at least 4 members (excludes halogenated alkanes) is 4. The monoisotopic (exact) mass is 769 g/mol. The summed E-state index contributed by atoms with van der Waals surface area (Å²) in [6.07, 6.45) is -13.0. The zero-order valence-electron chi connectivity index (χ0n) is 32.0. The fourth-order valence-corrected chi connectivity index (χ4v) is 6.28. The first kappa shape index (κ1) is 46.3. The number of carbonyl (C=O) groups excluding carboxylic acids is 1. The number of hydrogen-bond donors (Lipinski definition) is 7. The van der Waals surface area contributed by atoms with Gasteiger partial charge >= 0.3 is 0 Å². The van der Waals surface area contributed by atoms with Crippen molar-refractivity contribution in [3.8, 4) is 0 Å².